The number of nitrogens with zero attached hydrogens (tertiary/aromatic N) is 2. The van der Waals surface area contributed by atoms with Crippen LogP contribution in [0.15, 0.2) is 40.7 Å². The topological polar surface area (TPSA) is 49.0 Å². The molecule has 0 unspecified atom stereocenters. The van der Waals surface area contributed by atoms with Crippen molar-refractivity contribution in [1.82, 2.24) is 10.2 Å². The van der Waals surface area contributed by atoms with E-state index in [1.54, 1.807) is 23.1 Å². The van der Waals surface area contributed by atoms with Crippen molar-refractivity contribution in [2.24, 2.45) is 0 Å². The van der Waals surface area contributed by atoms with Gasteiger partial charge in [-0.2, -0.15) is 5.10 Å². The molecule has 2 aromatic heterocycles. The number of hydrogen-bond acceptors (Lipinski definition) is 4. The van der Waals surface area contributed by atoms with Crippen molar-refractivity contribution >= 4 is 34.7 Å². The second-order valence-electron chi connectivity index (χ2n) is 5.92. The normalized spacial score (nSPS) is 14.0. The number of thioether (sulfide) groups is 1. The molecule has 0 spiro atoms. The van der Waals surface area contributed by atoms with Crippen LogP contribution in [0.2, 0.25) is 0 Å². The Balaban J connectivity index is 1.81. The number of amides is 1. The minimum absolute atomic E-state index is 0.115. The first-order valence-electron chi connectivity index (χ1n) is 8.34. The van der Waals surface area contributed by atoms with Crippen LogP contribution < -0.4 is 4.90 Å². The molecule has 4 nitrogen and oxygen atoms in total. The van der Waals surface area contributed by atoms with Gasteiger partial charge in [0.2, 0.25) is 0 Å². The minimum atomic E-state index is 0.115. The quantitative estimate of drug-likeness (QED) is 0.682. The van der Waals surface area contributed by atoms with E-state index in [2.05, 4.69) is 29.3 Å². The number of thiophene rings is 1. The van der Waals surface area contributed by atoms with Crippen molar-refractivity contribution in [2.75, 3.05) is 17.7 Å². The molecule has 6 heteroatoms. The summed E-state index contributed by atoms with van der Waals surface area (Å²) in [5.74, 6) is 0.115. The van der Waals surface area contributed by atoms with E-state index in [1.165, 1.54) is 5.56 Å². The van der Waals surface area contributed by atoms with Crippen LogP contribution in [0, 0.1) is 0 Å². The molecule has 0 fully saturated rings. The van der Waals surface area contributed by atoms with Crippen LogP contribution in [0.25, 0.3) is 10.6 Å². The van der Waals surface area contributed by atoms with Crippen LogP contribution in [0.3, 0.4) is 0 Å². The average molecular weight is 370 g/mol. The third-order valence-corrected chi connectivity index (χ3v) is 6.98. The van der Waals surface area contributed by atoms with E-state index < -0.39 is 0 Å². The molecule has 0 saturated heterocycles. The Labute approximate surface area is 155 Å². The summed E-state index contributed by atoms with van der Waals surface area (Å²) in [5, 5.41) is 7.20. The standard InChI is InChI=1S/C19H19N3OS2/c1-3-12-6-4-5-7-15(12)22-11-9-13-16(18(22)23)19(24-2)25-17(13)14-8-10-20-21-14/h4-8,10H,3,9,11H2,1-2H3,(H,20,21). The number of aromatic amines is 1. The van der Waals surface area contributed by atoms with E-state index in [0.717, 1.165) is 44.4 Å². The fourth-order valence-electron chi connectivity index (χ4n) is 3.40. The molecule has 128 valence electrons. The third kappa shape index (κ3) is 2.69. The molecule has 1 aliphatic heterocycles. The van der Waals surface area contributed by atoms with E-state index in [-0.39, 0.29) is 5.91 Å². The van der Waals surface area contributed by atoms with Gasteiger partial charge in [-0.25, -0.2) is 0 Å². The predicted octanol–water partition coefficient (Wildman–Crippen LogP) is 4.63. The van der Waals surface area contributed by atoms with Gasteiger partial charge in [0.05, 0.1) is 14.6 Å². The fraction of sp³-hybridized carbons (Fsp3) is 0.263. The van der Waals surface area contributed by atoms with Crippen molar-refractivity contribution in [2.45, 2.75) is 24.0 Å². The number of benzene rings is 1. The van der Waals surface area contributed by atoms with E-state index in [9.17, 15) is 4.79 Å². The summed E-state index contributed by atoms with van der Waals surface area (Å²) in [6.45, 7) is 2.84. The number of nitrogens with one attached hydrogen (secondary N) is 1. The Bertz CT molecular complexity index is 915. The lowest BCUT2D eigenvalue weighted by Gasteiger charge is -2.29. The van der Waals surface area contributed by atoms with Crippen molar-refractivity contribution < 1.29 is 4.79 Å². The molecule has 25 heavy (non-hydrogen) atoms. The minimum Gasteiger partial charge on any atom is -0.308 e. The molecule has 0 bridgehead atoms. The van der Waals surface area contributed by atoms with Crippen LogP contribution in [0.1, 0.15) is 28.4 Å². The van der Waals surface area contributed by atoms with Crippen molar-refractivity contribution in [3.63, 3.8) is 0 Å². The highest BCUT2D eigenvalue weighted by atomic mass is 32.2. The van der Waals surface area contributed by atoms with Gasteiger partial charge in [-0.1, -0.05) is 25.1 Å². The number of hydrogen-bond donors (Lipinski definition) is 1. The van der Waals surface area contributed by atoms with E-state index in [4.69, 9.17) is 0 Å². The van der Waals surface area contributed by atoms with Crippen LogP contribution in [0.4, 0.5) is 5.69 Å². The molecule has 1 amide bonds. The summed E-state index contributed by atoms with van der Waals surface area (Å²) in [4.78, 5) is 16.4. The zero-order chi connectivity index (χ0) is 17.4. The predicted molar refractivity (Wildman–Crippen MR) is 105 cm³/mol. The number of para-hydroxylation sites is 1. The molecule has 0 aliphatic carbocycles. The van der Waals surface area contributed by atoms with Gasteiger partial charge in [0.1, 0.15) is 5.69 Å². The summed E-state index contributed by atoms with van der Waals surface area (Å²) in [6.07, 6.45) is 5.64. The Hall–Kier alpha value is -2.05. The van der Waals surface area contributed by atoms with Gasteiger partial charge < -0.3 is 4.90 Å². The maximum Gasteiger partial charge on any atom is 0.260 e. The maximum absolute atomic E-state index is 13.3. The Morgan fingerprint density at radius 1 is 1.32 bits per heavy atom. The second-order valence-corrected chi connectivity index (χ2v) is 8.02. The average Bonchev–Trinajstić information content (AvgIpc) is 3.29. The number of rotatable bonds is 4. The van der Waals surface area contributed by atoms with Crippen molar-refractivity contribution in [3.05, 3.63) is 53.2 Å². The number of anilines is 1. The highest BCUT2D eigenvalue weighted by Gasteiger charge is 2.33. The third-order valence-electron chi connectivity index (χ3n) is 4.60. The van der Waals surface area contributed by atoms with Gasteiger partial charge in [-0.05, 0) is 42.4 Å². The zero-order valence-corrected chi connectivity index (χ0v) is 15.8. The number of carbonyl (C=O) groups excluding carboxylic acids is 1. The molecule has 3 aromatic rings. The summed E-state index contributed by atoms with van der Waals surface area (Å²) < 4.78 is 1.08. The van der Waals surface area contributed by atoms with Gasteiger partial charge in [-0.3, -0.25) is 9.89 Å². The summed E-state index contributed by atoms with van der Waals surface area (Å²) in [5.41, 5.74) is 5.20. The van der Waals surface area contributed by atoms with Gasteiger partial charge in [0.15, 0.2) is 0 Å². The largest absolute Gasteiger partial charge is 0.308 e. The number of H-pyrrole nitrogens is 1. The lowest BCUT2D eigenvalue weighted by molar-refractivity contribution is 0.0978. The smallest absolute Gasteiger partial charge is 0.260 e. The van der Waals surface area contributed by atoms with Gasteiger partial charge in [-0.15, -0.1) is 23.1 Å². The molecule has 4 rings (SSSR count). The molecule has 1 N–H and O–H groups in total. The van der Waals surface area contributed by atoms with E-state index >= 15 is 0 Å². The Kier molecular flexibility index (Phi) is 4.39. The first-order valence-corrected chi connectivity index (χ1v) is 10.4. The zero-order valence-electron chi connectivity index (χ0n) is 14.2. The summed E-state index contributed by atoms with van der Waals surface area (Å²) in [6, 6.07) is 10.2. The highest BCUT2D eigenvalue weighted by Crippen LogP contribution is 2.43. The molecule has 3 heterocycles. The van der Waals surface area contributed by atoms with Crippen LogP contribution in [-0.2, 0) is 12.8 Å². The fourth-order valence-corrected chi connectivity index (χ4v) is 5.44. The second kappa shape index (κ2) is 6.69. The lowest BCUT2D eigenvalue weighted by atomic mass is 9.98. The van der Waals surface area contributed by atoms with E-state index in [0.29, 0.717) is 6.54 Å². The maximum atomic E-state index is 13.3. The summed E-state index contributed by atoms with van der Waals surface area (Å²) >= 11 is 3.32. The number of fused-ring (bicyclic) bond motifs is 1. The van der Waals surface area contributed by atoms with E-state index in [1.807, 2.05) is 35.6 Å². The SMILES string of the molecule is CCc1ccccc1N1CCc2c(-c3cc[nH]n3)sc(SC)c2C1=O. The molecule has 0 saturated carbocycles. The van der Waals surface area contributed by atoms with Crippen LogP contribution >= 0.6 is 23.1 Å². The summed E-state index contributed by atoms with van der Waals surface area (Å²) in [7, 11) is 0. The molecule has 1 aliphatic rings. The molecule has 1 aromatic carbocycles. The Morgan fingerprint density at radius 3 is 2.88 bits per heavy atom. The van der Waals surface area contributed by atoms with Crippen molar-refractivity contribution in [3.8, 4) is 10.6 Å². The Morgan fingerprint density at radius 2 is 2.16 bits per heavy atom. The number of aryl methyl sites for hydroxylation is 1. The van der Waals surface area contributed by atoms with Gasteiger partial charge in [0.25, 0.3) is 5.91 Å². The number of carbonyl (C=O) groups is 1. The van der Waals surface area contributed by atoms with Gasteiger partial charge in [0, 0.05) is 18.4 Å². The molecule has 0 atom stereocenters. The lowest BCUT2D eigenvalue weighted by Crippen LogP contribution is -2.38. The highest BCUT2D eigenvalue weighted by molar-refractivity contribution is 8.00. The van der Waals surface area contributed by atoms with Crippen LogP contribution in [0.5, 0.6) is 0 Å². The van der Waals surface area contributed by atoms with Crippen LogP contribution in [-0.4, -0.2) is 28.9 Å². The first kappa shape index (κ1) is 16.4. The van der Waals surface area contributed by atoms with Gasteiger partial charge >= 0.3 is 0 Å². The first-order chi connectivity index (χ1) is 12.2. The molecule has 0 radical (unpaired) electrons. The number of aromatic nitrogens is 2. The monoisotopic (exact) mass is 369 g/mol. The molecular weight excluding hydrogens is 350 g/mol. The van der Waals surface area contributed by atoms with Crippen molar-refractivity contribution in [1.29, 1.82) is 0 Å². The molecular formula is C19H19N3OS2.